The Labute approximate surface area is 181 Å². The lowest BCUT2D eigenvalue weighted by atomic mass is 9.93. The minimum absolute atomic E-state index is 0.0208. The number of aromatic nitrogens is 3. The molecule has 1 N–H and O–H groups in total. The van der Waals surface area contributed by atoms with Crippen LogP contribution in [0.4, 0.5) is 8.78 Å². The Kier molecular flexibility index (Phi) is 5.33. The van der Waals surface area contributed by atoms with Crippen LogP contribution >= 0.6 is 11.3 Å². The molecular formula is C23H20F2N4OS. The van der Waals surface area contributed by atoms with Crippen molar-refractivity contribution in [3.63, 3.8) is 0 Å². The maximum Gasteiger partial charge on any atom is 0.262 e. The molecule has 0 fully saturated rings. The minimum atomic E-state index is -0.830. The first-order valence-corrected chi connectivity index (χ1v) is 11.0. The summed E-state index contributed by atoms with van der Waals surface area (Å²) in [5.41, 5.74) is 2.38. The third-order valence-electron chi connectivity index (χ3n) is 5.75. The Balaban J connectivity index is 1.36. The number of hydrogen-bond acceptors (Lipinski definition) is 5. The van der Waals surface area contributed by atoms with E-state index in [0.717, 1.165) is 46.2 Å². The number of halogens is 2. The van der Waals surface area contributed by atoms with Crippen molar-refractivity contribution in [2.24, 2.45) is 0 Å². The molecule has 1 aliphatic rings. The van der Waals surface area contributed by atoms with Crippen molar-refractivity contribution in [1.29, 1.82) is 0 Å². The summed E-state index contributed by atoms with van der Waals surface area (Å²) in [4.78, 5) is 23.6. The summed E-state index contributed by atoms with van der Waals surface area (Å²) in [5.74, 6) is -1.63. The average molecular weight is 439 g/mol. The van der Waals surface area contributed by atoms with Gasteiger partial charge in [-0.2, -0.15) is 0 Å². The van der Waals surface area contributed by atoms with Crippen LogP contribution in [0.2, 0.25) is 0 Å². The molecule has 5 rings (SSSR count). The molecule has 3 heterocycles. The third-order valence-corrected chi connectivity index (χ3v) is 6.91. The van der Waals surface area contributed by atoms with E-state index >= 15 is 0 Å². The van der Waals surface area contributed by atoms with E-state index in [1.165, 1.54) is 6.07 Å². The number of nitrogens with zero attached hydrogens (tertiary/aromatic N) is 3. The first kappa shape index (κ1) is 20.0. The molecule has 0 bridgehead atoms. The number of nitrogens with one attached hydrogen (secondary N) is 1. The Morgan fingerprint density at radius 1 is 1.19 bits per heavy atom. The molecule has 0 spiro atoms. The predicted octanol–water partition coefficient (Wildman–Crippen LogP) is 3.83. The Morgan fingerprint density at radius 3 is 2.87 bits per heavy atom. The Bertz CT molecular complexity index is 1300. The van der Waals surface area contributed by atoms with E-state index in [4.69, 9.17) is 0 Å². The first-order chi connectivity index (χ1) is 15.1. The van der Waals surface area contributed by atoms with Crippen molar-refractivity contribution in [1.82, 2.24) is 19.9 Å². The molecule has 1 aromatic carbocycles. The maximum atomic E-state index is 13.9. The highest BCUT2D eigenvalue weighted by Crippen LogP contribution is 2.33. The van der Waals surface area contributed by atoms with Gasteiger partial charge in [-0.1, -0.05) is 12.1 Å². The van der Waals surface area contributed by atoms with Gasteiger partial charge in [0.25, 0.3) is 5.56 Å². The summed E-state index contributed by atoms with van der Waals surface area (Å²) in [7, 11) is 0. The highest BCUT2D eigenvalue weighted by Gasteiger charge is 2.25. The van der Waals surface area contributed by atoms with Crippen LogP contribution in [0, 0.1) is 11.6 Å². The molecule has 4 aromatic rings. The van der Waals surface area contributed by atoms with Crippen LogP contribution in [0.15, 0.2) is 53.8 Å². The molecule has 158 valence electrons. The largest absolute Gasteiger partial charge is 0.309 e. The number of aryl methyl sites for hydroxylation is 1. The number of fused-ring (bicyclic) bond motifs is 3. The van der Waals surface area contributed by atoms with Gasteiger partial charge >= 0.3 is 0 Å². The monoisotopic (exact) mass is 438 g/mol. The van der Waals surface area contributed by atoms with Gasteiger partial charge in [0.2, 0.25) is 0 Å². The summed E-state index contributed by atoms with van der Waals surface area (Å²) in [5, 5.41) is 4.05. The molecular weight excluding hydrogens is 418 g/mol. The second-order valence-electron chi connectivity index (χ2n) is 7.75. The van der Waals surface area contributed by atoms with Gasteiger partial charge in [-0.3, -0.25) is 14.3 Å². The van der Waals surface area contributed by atoms with Gasteiger partial charge in [0, 0.05) is 35.4 Å². The van der Waals surface area contributed by atoms with E-state index in [-0.39, 0.29) is 18.1 Å². The fraction of sp³-hybridized carbons (Fsp3) is 0.261. The number of pyridine rings is 1. The molecule has 1 unspecified atom stereocenters. The molecule has 1 atom stereocenters. The lowest BCUT2D eigenvalue weighted by molar-refractivity contribution is 0.445. The maximum absolute atomic E-state index is 13.9. The van der Waals surface area contributed by atoms with Crippen molar-refractivity contribution in [3.8, 4) is 0 Å². The highest BCUT2D eigenvalue weighted by atomic mass is 32.1. The van der Waals surface area contributed by atoms with Crippen LogP contribution in [0.3, 0.4) is 0 Å². The van der Waals surface area contributed by atoms with Crippen molar-refractivity contribution in [3.05, 3.63) is 92.6 Å². The number of benzene rings is 1. The van der Waals surface area contributed by atoms with Crippen molar-refractivity contribution in [2.45, 2.75) is 38.4 Å². The smallest absolute Gasteiger partial charge is 0.262 e. The van der Waals surface area contributed by atoms with Crippen molar-refractivity contribution < 1.29 is 8.78 Å². The minimum Gasteiger partial charge on any atom is -0.309 e. The van der Waals surface area contributed by atoms with Crippen LogP contribution in [0.1, 0.15) is 28.0 Å². The van der Waals surface area contributed by atoms with Gasteiger partial charge in [0.1, 0.15) is 4.83 Å². The summed E-state index contributed by atoms with van der Waals surface area (Å²) >= 11 is 1.55. The highest BCUT2D eigenvalue weighted by molar-refractivity contribution is 7.18. The molecule has 5 nitrogen and oxygen atoms in total. The number of hydrogen-bond donors (Lipinski definition) is 1. The van der Waals surface area contributed by atoms with Gasteiger partial charge in [-0.15, -0.1) is 11.3 Å². The third kappa shape index (κ3) is 3.88. The summed E-state index contributed by atoms with van der Waals surface area (Å²) in [6, 6.07) is 8.14. The molecule has 0 saturated carbocycles. The Hall–Kier alpha value is -2.97. The second kappa shape index (κ2) is 8.28. The van der Waals surface area contributed by atoms with Crippen LogP contribution in [-0.4, -0.2) is 20.6 Å². The van der Waals surface area contributed by atoms with Crippen molar-refractivity contribution in [2.75, 3.05) is 0 Å². The van der Waals surface area contributed by atoms with Gasteiger partial charge in [0.15, 0.2) is 11.6 Å². The fourth-order valence-electron chi connectivity index (χ4n) is 4.11. The van der Waals surface area contributed by atoms with E-state index in [9.17, 15) is 13.6 Å². The molecule has 3 aromatic heterocycles. The number of rotatable bonds is 5. The predicted molar refractivity (Wildman–Crippen MR) is 116 cm³/mol. The molecule has 0 aliphatic heterocycles. The number of thiophene rings is 1. The summed E-state index contributed by atoms with van der Waals surface area (Å²) < 4.78 is 29.0. The van der Waals surface area contributed by atoms with Crippen molar-refractivity contribution >= 4 is 21.6 Å². The lowest BCUT2D eigenvalue weighted by Crippen LogP contribution is -2.34. The van der Waals surface area contributed by atoms with Gasteiger partial charge < -0.3 is 5.32 Å². The van der Waals surface area contributed by atoms with Crippen LogP contribution < -0.4 is 10.9 Å². The standard InChI is InChI=1S/C23H20F2N4OS/c24-18-3-1-2-15(21(18)25)11-27-16-4-5-17-19(10-16)31-22-20(17)23(30)29(13-28-22)12-14-6-8-26-9-7-14/h1-3,6-9,13,16,27H,4-5,10-12H2. The van der Waals surface area contributed by atoms with Gasteiger partial charge in [0.05, 0.1) is 18.3 Å². The van der Waals surface area contributed by atoms with E-state index in [1.54, 1.807) is 40.7 Å². The van der Waals surface area contributed by atoms with Gasteiger partial charge in [-0.05, 0) is 48.6 Å². The van der Waals surface area contributed by atoms with Gasteiger partial charge in [-0.25, -0.2) is 13.8 Å². The van der Waals surface area contributed by atoms with E-state index in [1.807, 2.05) is 12.1 Å². The molecule has 8 heteroatoms. The zero-order valence-electron chi connectivity index (χ0n) is 16.6. The van der Waals surface area contributed by atoms with Crippen LogP contribution in [0.25, 0.3) is 10.2 Å². The van der Waals surface area contributed by atoms with E-state index in [0.29, 0.717) is 17.5 Å². The molecule has 31 heavy (non-hydrogen) atoms. The fourth-order valence-corrected chi connectivity index (χ4v) is 5.37. The molecule has 1 aliphatic carbocycles. The van der Waals surface area contributed by atoms with Crippen LogP contribution in [-0.2, 0) is 25.9 Å². The Morgan fingerprint density at radius 2 is 2.03 bits per heavy atom. The topological polar surface area (TPSA) is 59.8 Å². The SMILES string of the molecule is O=c1c2c3c(sc2ncn1Cc1ccncc1)CC(NCc1cccc(F)c1F)CC3. The molecule has 0 radical (unpaired) electrons. The lowest BCUT2D eigenvalue weighted by Gasteiger charge is -2.23. The zero-order chi connectivity index (χ0) is 21.4. The quantitative estimate of drug-likeness (QED) is 0.515. The molecule has 0 saturated heterocycles. The van der Waals surface area contributed by atoms with E-state index < -0.39 is 11.6 Å². The summed E-state index contributed by atoms with van der Waals surface area (Å²) in [6.45, 7) is 0.726. The zero-order valence-corrected chi connectivity index (χ0v) is 17.5. The van der Waals surface area contributed by atoms with E-state index in [2.05, 4.69) is 15.3 Å². The average Bonchev–Trinajstić information content (AvgIpc) is 3.16. The summed E-state index contributed by atoms with van der Waals surface area (Å²) in [6.07, 6.45) is 7.36. The first-order valence-electron chi connectivity index (χ1n) is 10.1. The second-order valence-corrected chi connectivity index (χ2v) is 8.83. The molecule has 0 amide bonds. The normalized spacial score (nSPS) is 15.9. The van der Waals surface area contributed by atoms with Crippen LogP contribution in [0.5, 0.6) is 0 Å².